The van der Waals surface area contributed by atoms with Crippen molar-refractivity contribution in [1.29, 1.82) is 0 Å². The Kier molecular flexibility index (Phi) is 3.69. The zero-order valence-electron chi connectivity index (χ0n) is 10.4. The summed E-state index contributed by atoms with van der Waals surface area (Å²) in [6.45, 7) is 3.67. The molecule has 0 aliphatic heterocycles. The third-order valence-electron chi connectivity index (χ3n) is 3.04. The number of hydrogen-bond donors (Lipinski definition) is 2. The molecule has 0 spiro atoms. The van der Waals surface area contributed by atoms with Crippen LogP contribution < -0.4 is 11.3 Å². The first kappa shape index (κ1) is 12.7. The molecule has 94 valence electrons. The van der Waals surface area contributed by atoms with Gasteiger partial charge in [0, 0.05) is 11.9 Å². The highest BCUT2D eigenvalue weighted by atomic mass is 19.1. The summed E-state index contributed by atoms with van der Waals surface area (Å²) in [7, 11) is 0. The summed E-state index contributed by atoms with van der Waals surface area (Å²) in [5, 5.41) is 0. The Labute approximate surface area is 106 Å². The molecule has 2 rings (SSSR count). The van der Waals surface area contributed by atoms with Gasteiger partial charge in [0.15, 0.2) is 0 Å². The van der Waals surface area contributed by atoms with Gasteiger partial charge in [-0.3, -0.25) is 10.8 Å². The Morgan fingerprint density at radius 1 is 1.28 bits per heavy atom. The van der Waals surface area contributed by atoms with Crippen molar-refractivity contribution in [3.05, 3.63) is 64.7 Å². The summed E-state index contributed by atoms with van der Waals surface area (Å²) in [6, 6.07) is 8.64. The molecular weight excluding hydrogens is 229 g/mol. The summed E-state index contributed by atoms with van der Waals surface area (Å²) in [5.74, 6) is 5.41. The first-order chi connectivity index (χ1) is 8.63. The molecule has 3 nitrogen and oxygen atoms in total. The highest BCUT2D eigenvalue weighted by Crippen LogP contribution is 2.24. The lowest BCUT2D eigenvalue weighted by molar-refractivity contribution is 0.606. The lowest BCUT2D eigenvalue weighted by atomic mass is 9.97. The number of hydrazine groups is 1. The van der Waals surface area contributed by atoms with Gasteiger partial charge in [-0.05, 0) is 42.7 Å². The number of pyridine rings is 1. The molecule has 0 aliphatic rings. The first-order valence-electron chi connectivity index (χ1n) is 5.77. The van der Waals surface area contributed by atoms with Crippen molar-refractivity contribution in [2.24, 2.45) is 5.84 Å². The number of aromatic nitrogens is 1. The van der Waals surface area contributed by atoms with Crippen molar-refractivity contribution in [2.45, 2.75) is 19.9 Å². The molecule has 0 aliphatic carbocycles. The van der Waals surface area contributed by atoms with E-state index in [2.05, 4.69) is 10.4 Å². The van der Waals surface area contributed by atoms with Gasteiger partial charge < -0.3 is 0 Å². The number of nitrogens with zero attached hydrogens (tertiary/aromatic N) is 1. The smallest absolute Gasteiger partial charge is 0.126 e. The molecule has 3 N–H and O–H groups in total. The van der Waals surface area contributed by atoms with Crippen molar-refractivity contribution >= 4 is 0 Å². The number of halogens is 1. The van der Waals surface area contributed by atoms with Crippen LogP contribution in [0.5, 0.6) is 0 Å². The molecular formula is C14H16FN3. The van der Waals surface area contributed by atoms with Crippen LogP contribution in [0.25, 0.3) is 0 Å². The van der Waals surface area contributed by atoms with E-state index < -0.39 is 0 Å². The minimum atomic E-state index is -0.211. The van der Waals surface area contributed by atoms with Crippen LogP contribution in [0.15, 0.2) is 36.5 Å². The quantitative estimate of drug-likeness (QED) is 0.645. The Morgan fingerprint density at radius 2 is 2.06 bits per heavy atom. The Morgan fingerprint density at radius 3 is 2.67 bits per heavy atom. The summed E-state index contributed by atoms with van der Waals surface area (Å²) in [4.78, 5) is 4.24. The SMILES string of the molecule is Cc1cc(C(NN)c2cccnc2C)ccc1F. The van der Waals surface area contributed by atoms with E-state index in [0.717, 1.165) is 16.8 Å². The van der Waals surface area contributed by atoms with Crippen molar-refractivity contribution in [3.63, 3.8) is 0 Å². The number of nitrogens with one attached hydrogen (secondary N) is 1. The molecule has 1 aromatic carbocycles. The Balaban J connectivity index is 2.45. The fourth-order valence-electron chi connectivity index (χ4n) is 2.01. The van der Waals surface area contributed by atoms with Gasteiger partial charge in [0.2, 0.25) is 0 Å². The molecule has 0 amide bonds. The average molecular weight is 245 g/mol. The molecule has 1 atom stereocenters. The second-order valence-corrected chi connectivity index (χ2v) is 4.29. The van der Waals surface area contributed by atoms with Gasteiger partial charge in [-0.15, -0.1) is 0 Å². The summed E-state index contributed by atoms with van der Waals surface area (Å²) in [6.07, 6.45) is 1.74. The zero-order chi connectivity index (χ0) is 13.1. The largest absolute Gasteiger partial charge is 0.271 e. The lowest BCUT2D eigenvalue weighted by Crippen LogP contribution is -2.29. The number of hydrogen-bond acceptors (Lipinski definition) is 3. The van der Waals surface area contributed by atoms with E-state index >= 15 is 0 Å². The number of aryl methyl sites for hydroxylation is 2. The number of benzene rings is 1. The molecule has 2 aromatic rings. The van der Waals surface area contributed by atoms with Crippen molar-refractivity contribution in [3.8, 4) is 0 Å². The molecule has 0 radical (unpaired) electrons. The maximum absolute atomic E-state index is 13.3. The Hall–Kier alpha value is -1.78. The third kappa shape index (κ3) is 2.39. The minimum Gasteiger partial charge on any atom is -0.271 e. The zero-order valence-corrected chi connectivity index (χ0v) is 10.4. The van der Waals surface area contributed by atoms with Crippen LogP contribution in [-0.4, -0.2) is 4.98 Å². The summed E-state index contributed by atoms with van der Waals surface area (Å²) in [5.41, 5.74) is 6.19. The highest BCUT2D eigenvalue weighted by molar-refractivity contribution is 5.35. The fraction of sp³-hybridized carbons (Fsp3) is 0.214. The molecule has 0 saturated carbocycles. The molecule has 18 heavy (non-hydrogen) atoms. The van der Waals surface area contributed by atoms with Crippen LogP contribution in [0.3, 0.4) is 0 Å². The van der Waals surface area contributed by atoms with Crippen molar-refractivity contribution in [1.82, 2.24) is 10.4 Å². The maximum Gasteiger partial charge on any atom is 0.126 e. The van der Waals surface area contributed by atoms with Crippen LogP contribution in [0.1, 0.15) is 28.4 Å². The molecule has 1 aromatic heterocycles. The normalized spacial score (nSPS) is 12.4. The Bertz CT molecular complexity index is 554. The van der Waals surface area contributed by atoms with Crippen LogP contribution in [0, 0.1) is 19.7 Å². The van der Waals surface area contributed by atoms with E-state index in [1.54, 1.807) is 25.3 Å². The average Bonchev–Trinajstić information content (AvgIpc) is 2.37. The monoisotopic (exact) mass is 245 g/mol. The first-order valence-corrected chi connectivity index (χ1v) is 5.77. The second kappa shape index (κ2) is 5.25. The number of nitrogens with two attached hydrogens (primary N) is 1. The predicted molar refractivity (Wildman–Crippen MR) is 69.3 cm³/mol. The molecule has 1 heterocycles. The standard InChI is InChI=1S/C14H16FN3/c1-9-8-11(5-6-13(9)15)14(18-16)12-4-3-7-17-10(12)2/h3-8,14,18H,16H2,1-2H3. The second-order valence-electron chi connectivity index (χ2n) is 4.29. The molecule has 0 fully saturated rings. The van der Waals surface area contributed by atoms with Gasteiger partial charge in [-0.1, -0.05) is 18.2 Å². The number of rotatable bonds is 3. The topological polar surface area (TPSA) is 50.9 Å². The van der Waals surface area contributed by atoms with Gasteiger partial charge in [0.1, 0.15) is 5.82 Å². The van der Waals surface area contributed by atoms with E-state index in [9.17, 15) is 4.39 Å². The van der Waals surface area contributed by atoms with Crippen LogP contribution in [0.2, 0.25) is 0 Å². The van der Waals surface area contributed by atoms with Crippen LogP contribution in [-0.2, 0) is 0 Å². The molecule has 0 bridgehead atoms. The minimum absolute atomic E-state index is 0.182. The van der Waals surface area contributed by atoms with Crippen LogP contribution in [0.4, 0.5) is 4.39 Å². The third-order valence-corrected chi connectivity index (χ3v) is 3.04. The maximum atomic E-state index is 13.3. The van der Waals surface area contributed by atoms with Gasteiger partial charge in [0.05, 0.1) is 6.04 Å². The molecule has 0 saturated heterocycles. The van der Waals surface area contributed by atoms with Gasteiger partial charge >= 0.3 is 0 Å². The van der Waals surface area contributed by atoms with E-state index in [1.165, 1.54) is 6.07 Å². The molecule has 4 heteroatoms. The van der Waals surface area contributed by atoms with Gasteiger partial charge in [-0.2, -0.15) is 0 Å². The van der Waals surface area contributed by atoms with E-state index in [-0.39, 0.29) is 11.9 Å². The predicted octanol–water partition coefficient (Wildman–Crippen LogP) is 2.39. The molecule has 1 unspecified atom stereocenters. The fourth-order valence-corrected chi connectivity index (χ4v) is 2.01. The van der Waals surface area contributed by atoms with Gasteiger partial charge in [-0.25, -0.2) is 9.82 Å². The van der Waals surface area contributed by atoms with Crippen molar-refractivity contribution < 1.29 is 4.39 Å². The van der Waals surface area contributed by atoms with Crippen molar-refractivity contribution in [2.75, 3.05) is 0 Å². The highest BCUT2D eigenvalue weighted by Gasteiger charge is 2.15. The summed E-state index contributed by atoms with van der Waals surface area (Å²) >= 11 is 0. The van der Waals surface area contributed by atoms with E-state index in [0.29, 0.717) is 5.56 Å². The van der Waals surface area contributed by atoms with E-state index in [4.69, 9.17) is 5.84 Å². The van der Waals surface area contributed by atoms with E-state index in [1.807, 2.05) is 19.1 Å². The van der Waals surface area contributed by atoms with Gasteiger partial charge in [0.25, 0.3) is 0 Å². The van der Waals surface area contributed by atoms with Crippen LogP contribution >= 0.6 is 0 Å². The lowest BCUT2D eigenvalue weighted by Gasteiger charge is -2.19. The summed E-state index contributed by atoms with van der Waals surface area (Å²) < 4.78 is 13.3.